The highest BCUT2D eigenvalue weighted by Crippen LogP contribution is 2.34. The van der Waals surface area contributed by atoms with Crippen molar-refractivity contribution in [3.63, 3.8) is 0 Å². The normalized spacial score (nSPS) is 22.7. The summed E-state index contributed by atoms with van der Waals surface area (Å²) >= 11 is 0. The van der Waals surface area contributed by atoms with E-state index in [1.807, 2.05) is 31.2 Å². The van der Waals surface area contributed by atoms with Crippen molar-refractivity contribution >= 4 is 5.91 Å². The van der Waals surface area contributed by atoms with E-state index in [0.29, 0.717) is 23.4 Å². The van der Waals surface area contributed by atoms with Crippen molar-refractivity contribution in [1.82, 2.24) is 15.7 Å². The molecular formula is C20H20F3N3O3. The first kappa shape index (κ1) is 19.7. The second-order valence-corrected chi connectivity index (χ2v) is 7.06. The lowest BCUT2D eigenvalue weighted by molar-refractivity contribution is -0.224. The quantitative estimate of drug-likeness (QED) is 0.813. The average molecular weight is 407 g/mol. The van der Waals surface area contributed by atoms with E-state index in [9.17, 15) is 18.0 Å². The predicted molar refractivity (Wildman–Crippen MR) is 97.7 cm³/mol. The van der Waals surface area contributed by atoms with Gasteiger partial charge in [0.25, 0.3) is 5.91 Å². The second kappa shape index (κ2) is 7.33. The van der Waals surface area contributed by atoms with Gasteiger partial charge in [0.05, 0.1) is 13.2 Å². The number of hydroxylamine groups is 1. The monoisotopic (exact) mass is 407 g/mol. The lowest BCUT2D eigenvalue weighted by Crippen LogP contribution is -2.39. The van der Waals surface area contributed by atoms with E-state index in [1.165, 1.54) is 0 Å². The first-order chi connectivity index (χ1) is 13.8. The summed E-state index contributed by atoms with van der Waals surface area (Å²) in [5.74, 6) is 0.543. The van der Waals surface area contributed by atoms with E-state index in [0.717, 1.165) is 11.1 Å². The number of nitrogens with zero attached hydrogens (tertiary/aromatic N) is 1. The molecular weight excluding hydrogens is 387 g/mol. The van der Waals surface area contributed by atoms with Gasteiger partial charge in [0.15, 0.2) is 0 Å². The maximum absolute atomic E-state index is 13.0. The van der Waals surface area contributed by atoms with Crippen LogP contribution in [0.1, 0.15) is 46.2 Å². The van der Waals surface area contributed by atoms with Gasteiger partial charge in [0, 0.05) is 12.1 Å². The van der Waals surface area contributed by atoms with E-state index in [4.69, 9.17) is 4.74 Å². The number of carbonyl (C=O) groups is 1. The summed E-state index contributed by atoms with van der Waals surface area (Å²) in [6, 6.07) is 12.4. The van der Waals surface area contributed by atoms with Gasteiger partial charge >= 0.3 is 6.18 Å². The number of amides is 1. The Morgan fingerprint density at radius 1 is 1.24 bits per heavy atom. The maximum atomic E-state index is 13.0. The number of rotatable bonds is 4. The number of alkyl halides is 3. The fourth-order valence-corrected chi connectivity index (χ4v) is 3.60. The Balaban J connectivity index is 1.53. The average Bonchev–Trinajstić information content (AvgIpc) is 3.33. The molecule has 0 saturated carbocycles. The van der Waals surface area contributed by atoms with Crippen molar-refractivity contribution in [2.75, 3.05) is 7.11 Å². The molecule has 0 radical (unpaired) electrons. The van der Waals surface area contributed by atoms with Gasteiger partial charge in [-0.3, -0.25) is 14.9 Å². The molecule has 9 heteroatoms. The zero-order valence-corrected chi connectivity index (χ0v) is 15.8. The van der Waals surface area contributed by atoms with Gasteiger partial charge < -0.3 is 9.64 Å². The molecule has 2 aliphatic rings. The molecule has 1 amide bonds. The van der Waals surface area contributed by atoms with Gasteiger partial charge in [-0.15, -0.1) is 0 Å². The summed E-state index contributed by atoms with van der Waals surface area (Å²) in [5.41, 5.74) is 5.09. The van der Waals surface area contributed by atoms with Crippen molar-refractivity contribution in [3.8, 4) is 5.75 Å². The summed E-state index contributed by atoms with van der Waals surface area (Å²) in [7, 11) is 1.58. The molecule has 0 aliphatic carbocycles. The molecule has 0 aromatic heterocycles. The Bertz CT molecular complexity index is 935. The Morgan fingerprint density at radius 2 is 2.03 bits per heavy atom. The molecule has 2 aliphatic heterocycles. The third-order valence-electron chi connectivity index (χ3n) is 5.26. The Hall–Kier alpha value is -2.62. The number of hydrogen-bond donors (Lipinski definition) is 2. The molecule has 4 rings (SSSR count). The summed E-state index contributed by atoms with van der Waals surface area (Å²) in [6.45, 7) is 2.36. The minimum atomic E-state index is -4.53. The van der Waals surface area contributed by atoms with Crippen LogP contribution >= 0.6 is 0 Å². The summed E-state index contributed by atoms with van der Waals surface area (Å²) in [6.07, 6.45) is -7.48. The molecule has 6 nitrogen and oxygen atoms in total. The van der Waals surface area contributed by atoms with E-state index in [2.05, 4.69) is 15.6 Å². The highest BCUT2D eigenvalue weighted by Gasteiger charge is 2.46. The molecule has 3 atom stereocenters. The van der Waals surface area contributed by atoms with Crippen LogP contribution < -0.4 is 15.5 Å². The SMILES string of the molecule is COc1cccc([C@H](C)N2Cc3ccc(C4NOC(C(F)(F)F)N4)cc3C2=O)c1. The fourth-order valence-electron chi connectivity index (χ4n) is 3.60. The summed E-state index contributed by atoms with van der Waals surface area (Å²) < 4.78 is 43.6. The van der Waals surface area contributed by atoms with Gasteiger partial charge in [0.1, 0.15) is 11.9 Å². The Kier molecular flexibility index (Phi) is 4.97. The molecule has 0 spiro atoms. The first-order valence-corrected chi connectivity index (χ1v) is 9.09. The molecule has 1 fully saturated rings. The van der Waals surface area contributed by atoms with Crippen LogP contribution in [0.2, 0.25) is 0 Å². The summed E-state index contributed by atoms with van der Waals surface area (Å²) in [4.78, 5) is 19.3. The summed E-state index contributed by atoms with van der Waals surface area (Å²) in [5, 5.41) is 2.33. The molecule has 2 heterocycles. The Labute approximate surface area is 165 Å². The Morgan fingerprint density at radius 3 is 2.72 bits per heavy atom. The van der Waals surface area contributed by atoms with Crippen LogP contribution in [0.3, 0.4) is 0 Å². The van der Waals surface area contributed by atoms with Crippen LogP contribution in [-0.4, -0.2) is 30.3 Å². The van der Waals surface area contributed by atoms with Crippen molar-refractivity contribution in [2.45, 2.75) is 38.1 Å². The number of benzene rings is 2. The van der Waals surface area contributed by atoms with Crippen LogP contribution in [0.5, 0.6) is 5.75 Å². The van der Waals surface area contributed by atoms with Crippen LogP contribution in [0, 0.1) is 0 Å². The molecule has 0 bridgehead atoms. The largest absolute Gasteiger partial charge is 0.497 e. The molecule has 2 aromatic rings. The van der Waals surface area contributed by atoms with Gasteiger partial charge in [-0.05, 0) is 41.8 Å². The van der Waals surface area contributed by atoms with E-state index in [1.54, 1.807) is 30.2 Å². The minimum Gasteiger partial charge on any atom is -0.497 e. The van der Waals surface area contributed by atoms with Crippen molar-refractivity contribution < 1.29 is 27.5 Å². The molecule has 2 N–H and O–H groups in total. The van der Waals surface area contributed by atoms with E-state index in [-0.39, 0.29) is 11.9 Å². The lowest BCUT2D eigenvalue weighted by atomic mass is 10.0. The lowest BCUT2D eigenvalue weighted by Gasteiger charge is -2.25. The zero-order valence-electron chi connectivity index (χ0n) is 15.8. The standard InChI is InChI=1S/C20H20F3N3O3/c1-11(12-4-3-5-15(8-12)28-2)26-10-14-7-6-13(9-16(14)18(26)27)17-24-19(29-25-17)20(21,22)23/h3-9,11,17,19,24-25H,10H2,1-2H3/t11-,17?,19?/m0/s1. The predicted octanol–water partition coefficient (Wildman–Crippen LogP) is 3.42. The number of ether oxygens (including phenoxy) is 1. The first-order valence-electron chi connectivity index (χ1n) is 9.09. The van der Waals surface area contributed by atoms with Crippen molar-refractivity contribution in [1.29, 1.82) is 0 Å². The van der Waals surface area contributed by atoms with Gasteiger partial charge in [-0.2, -0.15) is 18.7 Å². The molecule has 1 saturated heterocycles. The molecule has 154 valence electrons. The minimum absolute atomic E-state index is 0.163. The van der Waals surface area contributed by atoms with Crippen LogP contribution in [0.15, 0.2) is 42.5 Å². The number of nitrogens with one attached hydrogen (secondary N) is 2. The topological polar surface area (TPSA) is 62.8 Å². The molecule has 29 heavy (non-hydrogen) atoms. The van der Waals surface area contributed by atoms with Crippen LogP contribution in [0.25, 0.3) is 0 Å². The third kappa shape index (κ3) is 3.68. The second-order valence-electron chi connectivity index (χ2n) is 7.06. The van der Waals surface area contributed by atoms with Gasteiger partial charge in [-0.25, -0.2) is 0 Å². The van der Waals surface area contributed by atoms with Gasteiger partial charge in [0.2, 0.25) is 6.23 Å². The molecule has 2 aromatic carbocycles. The zero-order chi connectivity index (χ0) is 20.8. The number of fused-ring (bicyclic) bond motifs is 1. The highest BCUT2D eigenvalue weighted by molar-refractivity contribution is 5.98. The van der Waals surface area contributed by atoms with E-state index >= 15 is 0 Å². The molecule has 2 unspecified atom stereocenters. The van der Waals surface area contributed by atoms with Crippen molar-refractivity contribution in [2.24, 2.45) is 0 Å². The van der Waals surface area contributed by atoms with Crippen molar-refractivity contribution in [3.05, 3.63) is 64.7 Å². The van der Waals surface area contributed by atoms with Crippen LogP contribution in [-0.2, 0) is 11.4 Å². The van der Waals surface area contributed by atoms with Gasteiger partial charge in [-0.1, -0.05) is 24.3 Å². The number of hydrogen-bond acceptors (Lipinski definition) is 5. The number of methoxy groups -OCH3 is 1. The number of carbonyl (C=O) groups excluding carboxylic acids is 1. The number of halogens is 3. The van der Waals surface area contributed by atoms with E-state index < -0.39 is 18.6 Å². The van der Waals surface area contributed by atoms with Crippen LogP contribution in [0.4, 0.5) is 13.2 Å². The highest BCUT2D eigenvalue weighted by atomic mass is 19.4. The maximum Gasteiger partial charge on any atom is 0.430 e. The third-order valence-corrected chi connectivity index (χ3v) is 5.26. The smallest absolute Gasteiger partial charge is 0.430 e. The fraction of sp³-hybridized carbons (Fsp3) is 0.350.